The van der Waals surface area contributed by atoms with Crippen molar-refractivity contribution < 1.29 is 57.9 Å². The molecule has 2 N–H and O–H groups in total. The molecule has 0 saturated carbocycles. The Morgan fingerprint density at radius 3 is 1.11 bits per heavy atom. The number of carbonyl (C=O) groups excluding carboxylic acids is 6. The highest BCUT2D eigenvalue weighted by Gasteiger charge is 2.16. The van der Waals surface area contributed by atoms with Crippen molar-refractivity contribution in [2.75, 3.05) is 13.2 Å². The number of hydrogen-bond acceptors (Lipinski definition) is 12. The topological polar surface area (TPSA) is 180 Å². The minimum Gasteiger partial charge on any atom is -0.459 e. The molecule has 2 unspecified atom stereocenters. The summed E-state index contributed by atoms with van der Waals surface area (Å²) in [4.78, 5) is 71.4. The maximum Gasteiger partial charge on any atom is 0.346 e. The molecule has 200 valence electrons. The predicted molar refractivity (Wildman–Crippen MR) is 127 cm³/mol. The van der Waals surface area contributed by atoms with Crippen LogP contribution in [0.25, 0.3) is 0 Å². The first-order valence-electron chi connectivity index (χ1n) is 11.1. The van der Waals surface area contributed by atoms with Crippen molar-refractivity contribution in [1.82, 2.24) is 0 Å². The average Bonchev–Trinajstić information content (AvgIpc) is 2.89. The highest BCUT2D eigenvalue weighted by molar-refractivity contribution is 6.04. The molecule has 0 amide bonds. The van der Waals surface area contributed by atoms with Gasteiger partial charge in [-0.3, -0.25) is 0 Å². The van der Waals surface area contributed by atoms with Gasteiger partial charge in [0.1, 0.15) is 13.2 Å². The summed E-state index contributed by atoms with van der Waals surface area (Å²) >= 11 is 0. The van der Waals surface area contributed by atoms with Crippen LogP contribution >= 0.6 is 0 Å². The fraction of sp³-hybridized carbons (Fsp3) is 0.231. The van der Waals surface area contributed by atoms with Crippen LogP contribution in [0.5, 0.6) is 0 Å². The smallest absolute Gasteiger partial charge is 0.346 e. The minimum absolute atomic E-state index is 0.0743. The monoisotopic (exact) mass is 528 g/mol. The Labute approximate surface area is 216 Å². The highest BCUT2D eigenvalue weighted by atomic mass is 16.6. The van der Waals surface area contributed by atoms with Crippen molar-refractivity contribution in [3.8, 4) is 0 Å². The van der Waals surface area contributed by atoms with Crippen molar-refractivity contribution >= 4 is 35.8 Å². The Balaban J connectivity index is 1.85. The lowest BCUT2D eigenvalue weighted by Crippen LogP contribution is -2.16. The molecule has 0 saturated heterocycles. The molecule has 12 nitrogen and oxygen atoms in total. The fourth-order valence-electron chi connectivity index (χ4n) is 2.55. The summed E-state index contributed by atoms with van der Waals surface area (Å²) in [6.07, 6.45) is -0.518. The van der Waals surface area contributed by atoms with Gasteiger partial charge in [0.25, 0.3) is 0 Å². The summed E-state index contributed by atoms with van der Waals surface area (Å²) < 4.78 is 18.8. The summed E-state index contributed by atoms with van der Waals surface area (Å²) in [5, 5.41) is 18.3. The molecule has 0 aliphatic heterocycles. The number of aliphatic hydroxyl groups is 2. The van der Waals surface area contributed by atoms with Crippen molar-refractivity contribution in [2.45, 2.75) is 26.1 Å². The van der Waals surface area contributed by atoms with Crippen LogP contribution < -0.4 is 0 Å². The third-order valence-electron chi connectivity index (χ3n) is 4.37. The first kappa shape index (κ1) is 29.5. The second-order valence-electron chi connectivity index (χ2n) is 7.80. The van der Waals surface area contributed by atoms with Gasteiger partial charge in [-0.2, -0.15) is 0 Å². The maximum atomic E-state index is 12.1. The van der Waals surface area contributed by atoms with Gasteiger partial charge >= 0.3 is 35.8 Å². The van der Waals surface area contributed by atoms with Crippen LogP contribution in [0.1, 0.15) is 55.3 Å². The van der Waals surface area contributed by atoms with Gasteiger partial charge in [0.2, 0.25) is 0 Å². The number of esters is 6. The van der Waals surface area contributed by atoms with Crippen molar-refractivity contribution in [2.24, 2.45) is 0 Å². The summed E-state index contributed by atoms with van der Waals surface area (Å²) in [6.45, 7) is 2.48. The van der Waals surface area contributed by atoms with Gasteiger partial charge in [0.05, 0.1) is 34.5 Å². The van der Waals surface area contributed by atoms with Gasteiger partial charge in [-0.05, 0) is 62.4 Å². The molecule has 0 aromatic heterocycles. The van der Waals surface area contributed by atoms with E-state index < -0.39 is 48.0 Å². The molecule has 12 heteroatoms. The molecule has 2 atom stereocenters. The summed E-state index contributed by atoms with van der Waals surface area (Å²) in [5.74, 6) is -6.02. The molecule has 0 fully saturated rings. The molecule has 2 rings (SSSR count). The molecule has 2 aromatic carbocycles. The van der Waals surface area contributed by atoms with Crippen molar-refractivity contribution in [1.29, 1.82) is 0 Å². The molecule has 0 heterocycles. The van der Waals surface area contributed by atoms with E-state index in [1.54, 1.807) is 0 Å². The summed E-state index contributed by atoms with van der Waals surface area (Å²) in [6, 6.07) is 9.88. The van der Waals surface area contributed by atoms with E-state index in [0.717, 1.165) is 0 Å². The highest BCUT2D eigenvalue weighted by Crippen LogP contribution is 2.10. The van der Waals surface area contributed by atoms with Crippen LogP contribution in [0.15, 0.2) is 60.7 Å². The lowest BCUT2D eigenvalue weighted by molar-refractivity contribution is -0.135. The Hall–Kier alpha value is -4.68. The Morgan fingerprint density at radius 2 is 0.842 bits per heavy atom. The average molecular weight is 528 g/mol. The van der Waals surface area contributed by atoms with E-state index in [-0.39, 0.29) is 35.5 Å². The molecule has 0 aliphatic rings. The third-order valence-corrected chi connectivity index (χ3v) is 4.37. The van der Waals surface area contributed by atoms with Crippen LogP contribution in [-0.2, 0) is 28.5 Å². The predicted octanol–water partition coefficient (Wildman–Crippen LogP) is 1.39. The van der Waals surface area contributed by atoms with Gasteiger partial charge in [0, 0.05) is 12.2 Å². The maximum absolute atomic E-state index is 12.1. The molecular formula is C26H24O12. The number of carbonyl (C=O) groups is 6. The molecular weight excluding hydrogens is 504 g/mol. The quantitative estimate of drug-likeness (QED) is 0.196. The lowest BCUT2D eigenvalue weighted by Gasteiger charge is -2.07. The number of benzene rings is 2. The van der Waals surface area contributed by atoms with E-state index in [4.69, 9.17) is 19.7 Å². The third kappa shape index (κ3) is 9.76. The molecule has 0 aliphatic carbocycles. The van der Waals surface area contributed by atoms with Crippen LogP contribution in [0.4, 0.5) is 0 Å². The standard InChI is InChI=1S/C26H24O12/c1-15(27)13-35-23(31)17-3-7-19(8-4-17)25(33)37-21(29)11-12-22(30)38-26(34)20-9-5-18(6-10-20)24(32)36-14-16(2)28/h3-12,15-16,27-28H,13-14H2,1-2H3/b12-11-. The van der Waals surface area contributed by atoms with Crippen molar-refractivity contribution in [3.05, 3.63) is 82.9 Å². The second-order valence-corrected chi connectivity index (χ2v) is 7.80. The normalized spacial score (nSPS) is 12.2. The van der Waals surface area contributed by atoms with Crippen molar-refractivity contribution in [3.63, 3.8) is 0 Å². The minimum atomic E-state index is -1.22. The second kappa shape index (κ2) is 14.2. The number of aliphatic hydroxyl groups excluding tert-OH is 2. The molecule has 2 aromatic rings. The molecule has 0 bridgehead atoms. The Bertz CT molecular complexity index is 1110. The van der Waals surface area contributed by atoms with Gasteiger partial charge in [-0.25, -0.2) is 28.8 Å². The van der Waals surface area contributed by atoms with Gasteiger partial charge in [0.15, 0.2) is 0 Å². The van der Waals surface area contributed by atoms with Crippen LogP contribution in [0.2, 0.25) is 0 Å². The van der Waals surface area contributed by atoms with Crippen LogP contribution in [0, 0.1) is 0 Å². The lowest BCUT2D eigenvalue weighted by atomic mass is 10.1. The number of ether oxygens (including phenoxy) is 4. The van der Waals surface area contributed by atoms with Gasteiger partial charge in [-0.1, -0.05) is 0 Å². The molecule has 0 radical (unpaired) electrons. The number of hydrogen-bond donors (Lipinski definition) is 2. The van der Waals surface area contributed by atoms with Gasteiger partial charge < -0.3 is 29.2 Å². The summed E-state index contributed by atoms with van der Waals surface area (Å²) in [5.41, 5.74) is 0.0584. The van der Waals surface area contributed by atoms with E-state index in [1.165, 1.54) is 62.4 Å². The van der Waals surface area contributed by atoms with Gasteiger partial charge in [-0.15, -0.1) is 0 Å². The van der Waals surface area contributed by atoms with E-state index >= 15 is 0 Å². The zero-order chi connectivity index (χ0) is 28.2. The fourth-order valence-corrected chi connectivity index (χ4v) is 2.55. The SMILES string of the molecule is CC(O)COC(=O)c1ccc(C(=O)OC(=O)/C=C\C(=O)OC(=O)c2ccc(C(=O)OCC(C)O)cc2)cc1. The number of rotatable bonds is 10. The first-order chi connectivity index (χ1) is 18.0. The van der Waals surface area contributed by atoms with Crippen LogP contribution in [-0.4, -0.2) is 71.5 Å². The van der Waals surface area contributed by atoms with E-state index in [1.807, 2.05) is 0 Å². The Morgan fingerprint density at radius 1 is 0.579 bits per heavy atom. The van der Waals surface area contributed by atoms with Crippen LogP contribution in [0.3, 0.4) is 0 Å². The first-order valence-corrected chi connectivity index (χ1v) is 11.1. The van der Waals surface area contributed by atoms with E-state index in [2.05, 4.69) is 9.47 Å². The molecule has 38 heavy (non-hydrogen) atoms. The summed E-state index contributed by atoms with van der Waals surface area (Å²) in [7, 11) is 0. The van der Waals surface area contributed by atoms with E-state index in [0.29, 0.717) is 12.2 Å². The Kier molecular flexibility index (Phi) is 11.0. The molecule has 0 spiro atoms. The zero-order valence-electron chi connectivity index (χ0n) is 20.3. The largest absolute Gasteiger partial charge is 0.459 e. The zero-order valence-corrected chi connectivity index (χ0v) is 20.3. The van der Waals surface area contributed by atoms with E-state index in [9.17, 15) is 28.8 Å².